The maximum absolute atomic E-state index is 13.5. The van der Waals surface area contributed by atoms with E-state index in [1.807, 2.05) is 36.4 Å². The molecule has 4 aromatic rings. The van der Waals surface area contributed by atoms with Gasteiger partial charge in [0.2, 0.25) is 13.6 Å². The van der Waals surface area contributed by atoms with Gasteiger partial charge in [0.1, 0.15) is 18.1 Å². The van der Waals surface area contributed by atoms with E-state index in [1.165, 1.54) is 0 Å². The van der Waals surface area contributed by atoms with Gasteiger partial charge in [-0.05, 0) is 83.6 Å². The maximum atomic E-state index is 13.5. The van der Waals surface area contributed by atoms with Crippen LogP contribution in [0.25, 0.3) is 11.1 Å². The highest BCUT2D eigenvalue weighted by Crippen LogP contribution is 2.37. The van der Waals surface area contributed by atoms with Crippen LogP contribution in [0.4, 0.5) is 0 Å². The second kappa shape index (κ2) is 14.7. The topological polar surface area (TPSA) is 159 Å². The van der Waals surface area contributed by atoms with E-state index in [0.29, 0.717) is 63.2 Å². The SMILES string of the molecule is O=C(O)CCCOc1cccc(COc2cc(C(=O)NCc3ccc4c(c3)OCO4)cc(-c3ccc4c(c3)OCO4)c2)c1CCC(=O)O. The van der Waals surface area contributed by atoms with E-state index >= 15 is 0 Å². The summed E-state index contributed by atoms with van der Waals surface area (Å²) >= 11 is 0. The highest BCUT2D eigenvalue weighted by atomic mass is 16.7. The lowest BCUT2D eigenvalue weighted by Crippen LogP contribution is -2.22. The molecule has 0 bridgehead atoms. The van der Waals surface area contributed by atoms with Crippen molar-refractivity contribution >= 4 is 17.8 Å². The molecule has 1 amide bonds. The lowest BCUT2D eigenvalue weighted by Gasteiger charge is -2.17. The Hall–Kier alpha value is -5.91. The number of aliphatic carboxylic acids is 2. The Labute approximate surface area is 275 Å². The minimum absolute atomic E-state index is 0.0421. The molecule has 2 aliphatic rings. The first-order valence-electron chi connectivity index (χ1n) is 15.3. The van der Waals surface area contributed by atoms with E-state index in [9.17, 15) is 19.5 Å². The van der Waals surface area contributed by atoms with E-state index in [0.717, 1.165) is 11.1 Å². The van der Waals surface area contributed by atoms with Crippen molar-refractivity contribution in [1.29, 1.82) is 0 Å². The zero-order chi connectivity index (χ0) is 33.5. The Bertz CT molecular complexity index is 1840. The molecular formula is C36H33NO11. The van der Waals surface area contributed by atoms with E-state index < -0.39 is 11.9 Å². The number of hydrogen-bond acceptors (Lipinski definition) is 9. The van der Waals surface area contributed by atoms with Crippen LogP contribution in [0.3, 0.4) is 0 Å². The average molecular weight is 656 g/mol. The zero-order valence-electron chi connectivity index (χ0n) is 25.9. The van der Waals surface area contributed by atoms with E-state index in [-0.39, 0.29) is 58.5 Å². The molecule has 12 heteroatoms. The van der Waals surface area contributed by atoms with Crippen molar-refractivity contribution < 1.29 is 53.0 Å². The predicted octanol–water partition coefficient (Wildman–Crippen LogP) is 5.58. The Balaban J connectivity index is 1.24. The van der Waals surface area contributed by atoms with Crippen molar-refractivity contribution in [3.63, 3.8) is 0 Å². The van der Waals surface area contributed by atoms with Gasteiger partial charge in [-0.25, -0.2) is 0 Å². The molecule has 0 saturated heterocycles. The Kier molecular flexibility index (Phi) is 9.80. The molecule has 0 fully saturated rings. The summed E-state index contributed by atoms with van der Waals surface area (Å²) in [5.41, 5.74) is 4.06. The number of carbonyl (C=O) groups is 3. The first-order valence-corrected chi connectivity index (χ1v) is 15.3. The molecule has 0 saturated carbocycles. The van der Waals surface area contributed by atoms with Gasteiger partial charge in [0.05, 0.1) is 6.61 Å². The Morgan fingerprint density at radius 1 is 0.729 bits per heavy atom. The minimum Gasteiger partial charge on any atom is -0.493 e. The van der Waals surface area contributed by atoms with Gasteiger partial charge in [-0.15, -0.1) is 0 Å². The molecular weight excluding hydrogens is 622 g/mol. The number of carboxylic acids is 2. The number of ether oxygens (including phenoxy) is 6. The van der Waals surface area contributed by atoms with Gasteiger partial charge in [-0.1, -0.05) is 24.3 Å². The summed E-state index contributed by atoms with van der Waals surface area (Å²) in [6.45, 7) is 0.767. The van der Waals surface area contributed by atoms with Crippen LogP contribution in [0.5, 0.6) is 34.5 Å². The number of benzene rings is 4. The molecule has 2 aliphatic heterocycles. The highest BCUT2D eigenvalue weighted by molar-refractivity contribution is 5.96. The predicted molar refractivity (Wildman–Crippen MR) is 171 cm³/mol. The molecule has 0 atom stereocenters. The van der Waals surface area contributed by atoms with Crippen molar-refractivity contribution in [2.75, 3.05) is 20.2 Å². The molecule has 248 valence electrons. The van der Waals surface area contributed by atoms with Gasteiger partial charge >= 0.3 is 11.9 Å². The van der Waals surface area contributed by atoms with Crippen LogP contribution in [0.2, 0.25) is 0 Å². The first kappa shape index (κ1) is 32.0. The van der Waals surface area contributed by atoms with Crippen molar-refractivity contribution in [2.24, 2.45) is 0 Å². The molecule has 0 unspecified atom stereocenters. The lowest BCUT2D eigenvalue weighted by molar-refractivity contribution is -0.138. The molecule has 2 heterocycles. The van der Waals surface area contributed by atoms with E-state index in [1.54, 1.807) is 36.4 Å². The number of amides is 1. The number of carbonyl (C=O) groups excluding carboxylic acids is 1. The summed E-state index contributed by atoms with van der Waals surface area (Å²) in [6, 6.07) is 21.6. The summed E-state index contributed by atoms with van der Waals surface area (Å²) in [5, 5.41) is 21.3. The van der Waals surface area contributed by atoms with Crippen LogP contribution >= 0.6 is 0 Å². The Morgan fingerprint density at radius 3 is 2.23 bits per heavy atom. The molecule has 12 nitrogen and oxygen atoms in total. The fourth-order valence-corrected chi connectivity index (χ4v) is 5.36. The average Bonchev–Trinajstić information content (AvgIpc) is 3.76. The summed E-state index contributed by atoms with van der Waals surface area (Å²) in [5.74, 6) is 1.19. The second-order valence-corrected chi connectivity index (χ2v) is 11.1. The van der Waals surface area contributed by atoms with Gasteiger partial charge in [-0.2, -0.15) is 0 Å². The molecule has 48 heavy (non-hydrogen) atoms. The molecule has 3 N–H and O–H groups in total. The van der Waals surface area contributed by atoms with Crippen LogP contribution in [-0.4, -0.2) is 48.3 Å². The minimum atomic E-state index is -0.963. The van der Waals surface area contributed by atoms with Crippen LogP contribution in [0.1, 0.15) is 46.3 Å². The van der Waals surface area contributed by atoms with Crippen LogP contribution in [0.15, 0.2) is 72.8 Å². The van der Waals surface area contributed by atoms with Gasteiger partial charge in [0.25, 0.3) is 5.91 Å². The Morgan fingerprint density at radius 2 is 1.46 bits per heavy atom. The highest BCUT2D eigenvalue weighted by Gasteiger charge is 2.18. The molecule has 6 rings (SSSR count). The normalized spacial score (nSPS) is 12.4. The number of nitrogens with one attached hydrogen (secondary N) is 1. The molecule has 0 radical (unpaired) electrons. The standard InChI is InChI=1S/C36H33NO11/c38-34(39)5-2-12-43-29-4-1-3-24(28(29)8-11-35(40)41)19-44-27-15-25(23-7-10-31-33(17-23)48-21-46-31)14-26(16-27)36(42)37-18-22-6-9-30-32(13-22)47-20-45-30/h1,3-4,6-7,9-10,13-17H,2,5,8,11-12,18-21H2,(H,37,42)(H,38,39)(H,40,41). The smallest absolute Gasteiger partial charge is 0.303 e. The fraction of sp³-hybridized carbons (Fsp3) is 0.250. The molecule has 0 spiro atoms. The third-order valence-electron chi connectivity index (χ3n) is 7.77. The number of hydrogen-bond donors (Lipinski definition) is 3. The lowest BCUT2D eigenvalue weighted by atomic mass is 10.0. The van der Waals surface area contributed by atoms with Crippen LogP contribution in [-0.2, 0) is 29.2 Å². The van der Waals surface area contributed by atoms with Gasteiger partial charge < -0.3 is 44.0 Å². The van der Waals surface area contributed by atoms with Crippen molar-refractivity contribution in [3.05, 3.63) is 95.1 Å². The summed E-state index contributed by atoms with van der Waals surface area (Å²) < 4.78 is 34.0. The second-order valence-electron chi connectivity index (χ2n) is 11.1. The van der Waals surface area contributed by atoms with Crippen molar-refractivity contribution in [3.8, 4) is 45.6 Å². The summed E-state index contributed by atoms with van der Waals surface area (Å²) in [7, 11) is 0. The van der Waals surface area contributed by atoms with Gasteiger partial charge in [-0.3, -0.25) is 14.4 Å². The fourth-order valence-electron chi connectivity index (χ4n) is 5.36. The summed E-state index contributed by atoms with van der Waals surface area (Å²) in [4.78, 5) is 35.8. The molecule has 4 aromatic carbocycles. The molecule has 0 aliphatic carbocycles. The van der Waals surface area contributed by atoms with E-state index in [4.69, 9.17) is 33.5 Å². The van der Waals surface area contributed by atoms with Gasteiger partial charge in [0.15, 0.2) is 23.0 Å². The molecule has 0 aromatic heterocycles. The van der Waals surface area contributed by atoms with Gasteiger partial charge in [0, 0.05) is 30.5 Å². The number of carboxylic acid groups (broad SMARTS) is 2. The third-order valence-corrected chi connectivity index (χ3v) is 7.77. The quantitative estimate of drug-likeness (QED) is 0.137. The number of fused-ring (bicyclic) bond motifs is 2. The largest absolute Gasteiger partial charge is 0.493 e. The summed E-state index contributed by atoms with van der Waals surface area (Å²) in [6.07, 6.45) is 0.323. The first-order chi connectivity index (χ1) is 23.3. The van der Waals surface area contributed by atoms with Crippen LogP contribution in [0, 0.1) is 0 Å². The van der Waals surface area contributed by atoms with Crippen LogP contribution < -0.4 is 33.7 Å². The monoisotopic (exact) mass is 655 g/mol. The van der Waals surface area contributed by atoms with E-state index in [2.05, 4.69) is 5.32 Å². The van der Waals surface area contributed by atoms with Crippen molar-refractivity contribution in [2.45, 2.75) is 38.8 Å². The van der Waals surface area contributed by atoms with Crippen molar-refractivity contribution in [1.82, 2.24) is 5.32 Å². The maximum Gasteiger partial charge on any atom is 0.303 e. The third kappa shape index (κ3) is 7.89. The zero-order valence-corrected chi connectivity index (χ0v) is 25.9. The number of rotatable bonds is 15.